The minimum Gasteiger partial charge on any atom is -0.351 e. The average molecular weight is 494 g/mol. The van der Waals surface area contributed by atoms with Gasteiger partial charge in [0.25, 0.3) is 5.91 Å². The quantitative estimate of drug-likeness (QED) is 0.344. The Hall–Kier alpha value is -3.36. The van der Waals surface area contributed by atoms with Crippen LogP contribution in [0.2, 0.25) is 0 Å². The van der Waals surface area contributed by atoms with Gasteiger partial charge in [-0.1, -0.05) is 0 Å². The van der Waals surface area contributed by atoms with Crippen LogP contribution in [-0.4, -0.2) is 61.7 Å². The topological polar surface area (TPSA) is 125 Å². The van der Waals surface area contributed by atoms with Crippen LogP contribution in [0.1, 0.15) is 58.6 Å². The number of nitriles is 1. The summed E-state index contributed by atoms with van der Waals surface area (Å²) in [7, 11) is 0. The lowest BCUT2D eigenvalue weighted by molar-refractivity contribution is 0.0948. The van der Waals surface area contributed by atoms with Gasteiger partial charge in [-0.3, -0.25) is 14.4 Å². The molecule has 3 aromatic rings. The number of carbonyl (C=O) groups is 1. The molecule has 0 saturated carbocycles. The summed E-state index contributed by atoms with van der Waals surface area (Å²) in [5.74, 6) is 1.42. The van der Waals surface area contributed by atoms with Gasteiger partial charge in [0.1, 0.15) is 17.3 Å². The number of aryl methyl sites for hydroxylation is 4. The van der Waals surface area contributed by atoms with E-state index in [1.54, 1.807) is 5.38 Å². The van der Waals surface area contributed by atoms with Crippen molar-refractivity contribution in [3.8, 4) is 6.07 Å². The second kappa shape index (κ2) is 11.4. The van der Waals surface area contributed by atoms with Gasteiger partial charge in [0, 0.05) is 42.7 Å². The highest BCUT2D eigenvalue weighted by Gasteiger charge is 2.23. The number of rotatable bonds is 9. The van der Waals surface area contributed by atoms with E-state index < -0.39 is 0 Å². The van der Waals surface area contributed by atoms with Crippen LogP contribution >= 0.6 is 11.3 Å². The molecule has 3 aromatic heterocycles. The monoisotopic (exact) mass is 493 g/mol. The highest BCUT2D eigenvalue weighted by Crippen LogP contribution is 2.28. The molecule has 0 aliphatic carbocycles. The number of likely N-dealkylation sites (tertiary alicyclic amines) is 1. The third-order valence-corrected chi connectivity index (χ3v) is 6.74. The summed E-state index contributed by atoms with van der Waals surface area (Å²) >= 11 is 1.37. The van der Waals surface area contributed by atoms with Crippen LogP contribution in [0.4, 0.5) is 10.9 Å². The van der Waals surface area contributed by atoms with Crippen LogP contribution in [0.3, 0.4) is 0 Å². The second-order valence-electron chi connectivity index (χ2n) is 8.88. The first kappa shape index (κ1) is 24.8. The first-order valence-corrected chi connectivity index (χ1v) is 12.8. The summed E-state index contributed by atoms with van der Waals surface area (Å²) in [6, 6.07) is 6.24. The molecule has 0 unspecified atom stereocenters. The molecule has 0 bridgehead atoms. The maximum absolute atomic E-state index is 12.5. The lowest BCUT2D eigenvalue weighted by Crippen LogP contribution is -2.35. The molecule has 10 nitrogen and oxygen atoms in total. The molecule has 4 heterocycles. The fraction of sp³-hybridized carbons (Fsp3) is 0.500. The van der Waals surface area contributed by atoms with Crippen molar-refractivity contribution in [2.75, 3.05) is 31.5 Å². The molecule has 1 amide bonds. The average Bonchev–Trinajstić information content (AvgIpc) is 3.42. The van der Waals surface area contributed by atoms with E-state index in [9.17, 15) is 4.79 Å². The van der Waals surface area contributed by atoms with Gasteiger partial charge in [0.05, 0.1) is 24.0 Å². The van der Waals surface area contributed by atoms with Gasteiger partial charge in [0.15, 0.2) is 5.13 Å². The zero-order valence-corrected chi connectivity index (χ0v) is 21.2. The van der Waals surface area contributed by atoms with Crippen LogP contribution in [0.5, 0.6) is 0 Å². The number of carbonyl (C=O) groups excluding carboxylic acids is 1. The number of anilines is 2. The summed E-state index contributed by atoms with van der Waals surface area (Å²) in [5.41, 5.74) is 3.48. The zero-order chi connectivity index (χ0) is 24.8. The maximum atomic E-state index is 12.5. The van der Waals surface area contributed by atoms with E-state index in [1.807, 2.05) is 37.6 Å². The Morgan fingerprint density at radius 3 is 2.89 bits per heavy atom. The number of hydrogen-bond acceptors (Lipinski definition) is 9. The summed E-state index contributed by atoms with van der Waals surface area (Å²) in [6.45, 7) is 9.41. The summed E-state index contributed by atoms with van der Waals surface area (Å²) < 4.78 is 1.96. The molecular weight excluding hydrogens is 462 g/mol. The van der Waals surface area contributed by atoms with Crippen molar-refractivity contribution in [2.45, 2.75) is 52.5 Å². The van der Waals surface area contributed by atoms with Gasteiger partial charge in [-0.05, 0) is 52.6 Å². The lowest BCUT2D eigenvalue weighted by atomic mass is 9.94. The van der Waals surface area contributed by atoms with E-state index in [4.69, 9.17) is 5.26 Å². The largest absolute Gasteiger partial charge is 0.351 e. The zero-order valence-electron chi connectivity index (χ0n) is 20.4. The molecule has 2 N–H and O–H groups in total. The fourth-order valence-corrected chi connectivity index (χ4v) is 5.07. The summed E-state index contributed by atoms with van der Waals surface area (Å²) in [5, 5.41) is 22.0. The number of amides is 1. The number of nitrogens with zero attached hydrogens (tertiary/aromatic N) is 7. The molecule has 184 valence electrons. The Kier molecular flexibility index (Phi) is 8.05. The van der Waals surface area contributed by atoms with Crippen LogP contribution in [0.15, 0.2) is 17.5 Å². The molecular formula is C24H31N9OS. The molecule has 1 aliphatic rings. The van der Waals surface area contributed by atoms with Gasteiger partial charge < -0.3 is 10.6 Å². The fourth-order valence-electron chi connectivity index (χ4n) is 4.37. The van der Waals surface area contributed by atoms with Crippen molar-refractivity contribution in [1.82, 2.24) is 34.9 Å². The highest BCUT2D eigenvalue weighted by atomic mass is 32.1. The van der Waals surface area contributed by atoms with Crippen molar-refractivity contribution < 1.29 is 4.79 Å². The standard InChI is InChI=1S/C24H31N9OS/c1-16-12-17(2)33(31-16)10-5-8-26-23(34)21-15-35-24(29-21)30-22-13-20(27-18(3)28-22)19-6-4-9-32(14-19)11-7-25/h12-13,15,19H,4-6,8-11,14H2,1-3H3,(H,26,34)(H,27,28,29,30)/t19-/m0/s1. The molecule has 1 fully saturated rings. The van der Waals surface area contributed by atoms with Gasteiger partial charge >= 0.3 is 0 Å². The van der Waals surface area contributed by atoms with Crippen molar-refractivity contribution in [1.29, 1.82) is 5.26 Å². The molecule has 0 spiro atoms. The van der Waals surface area contributed by atoms with Crippen molar-refractivity contribution in [3.63, 3.8) is 0 Å². The third kappa shape index (κ3) is 6.61. The molecule has 0 radical (unpaired) electrons. The Labute approximate surface area is 209 Å². The normalized spacial score (nSPS) is 16.1. The van der Waals surface area contributed by atoms with Crippen LogP contribution in [0, 0.1) is 32.1 Å². The van der Waals surface area contributed by atoms with Crippen LogP contribution in [-0.2, 0) is 6.54 Å². The van der Waals surface area contributed by atoms with Crippen LogP contribution < -0.4 is 10.6 Å². The van der Waals surface area contributed by atoms with E-state index >= 15 is 0 Å². The molecule has 1 aliphatic heterocycles. The van der Waals surface area contributed by atoms with Gasteiger partial charge in [0.2, 0.25) is 0 Å². The number of aromatic nitrogens is 5. The number of nitrogens with one attached hydrogen (secondary N) is 2. The predicted molar refractivity (Wildman–Crippen MR) is 135 cm³/mol. The second-order valence-corrected chi connectivity index (χ2v) is 9.74. The van der Waals surface area contributed by atoms with Gasteiger partial charge in [-0.25, -0.2) is 15.0 Å². The minimum atomic E-state index is -0.193. The number of hydrogen-bond donors (Lipinski definition) is 2. The summed E-state index contributed by atoms with van der Waals surface area (Å²) in [4.78, 5) is 28.3. The number of thiazole rings is 1. The predicted octanol–water partition coefficient (Wildman–Crippen LogP) is 3.32. The first-order valence-electron chi connectivity index (χ1n) is 11.9. The Bertz CT molecular complexity index is 1210. The molecule has 0 aromatic carbocycles. The van der Waals surface area contributed by atoms with E-state index in [1.165, 1.54) is 11.3 Å². The smallest absolute Gasteiger partial charge is 0.270 e. The Morgan fingerprint density at radius 2 is 2.11 bits per heavy atom. The third-order valence-electron chi connectivity index (χ3n) is 5.98. The van der Waals surface area contributed by atoms with Crippen molar-refractivity contribution >= 4 is 28.2 Å². The molecule has 11 heteroatoms. The van der Waals surface area contributed by atoms with Crippen molar-refractivity contribution in [2.24, 2.45) is 0 Å². The van der Waals surface area contributed by atoms with E-state index in [2.05, 4.69) is 41.7 Å². The number of piperidine rings is 1. The molecule has 4 rings (SSSR count). The molecule has 35 heavy (non-hydrogen) atoms. The Morgan fingerprint density at radius 1 is 1.26 bits per heavy atom. The summed E-state index contributed by atoms with van der Waals surface area (Å²) in [6.07, 6.45) is 2.88. The SMILES string of the molecule is Cc1cc(C)n(CCCNC(=O)c2csc(Nc3cc([C@H]4CCCN(CC#N)C4)nc(C)n3)n2)n1. The molecule has 1 atom stereocenters. The molecule has 1 saturated heterocycles. The Balaban J connectivity index is 1.32. The van der Waals surface area contributed by atoms with Crippen LogP contribution in [0.25, 0.3) is 0 Å². The van der Waals surface area contributed by atoms with E-state index in [0.717, 1.165) is 56.0 Å². The maximum Gasteiger partial charge on any atom is 0.270 e. The van der Waals surface area contributed by atoms with Gasteiger partial charge in [-0.2, -0.15) is 10.4 Å². The van der Waals surface area contributed by atoms with E-state index in [-0.39, 0.29) is 11.8 Å². The van der Waals surface area contributed by atoms with Crippen molar-refractivity contribution in [3.05, 3.63) is 46.1 Å². The van der Waals surface area contributed by atoms with E-state index in [0.29, 0.717) is 35.6 Å². The lowest BCUT2D eigenvalue weighted by Gasteiger charge is -2.30. The first-order chi connectivity index (χ1) is 16.9. The van der Waals surface area contributed by atoms with Gasteiger partial charge in [-0.15, -0.1) is 11.3 Å². The minimum absolute atomic E-state index is 0.193. The highest BCUT2D eigenvalue weighted by molar-refractivity contribution is 7.14.